The van der Waals surface area contributed by atoms with Gasteiger partial charge in [0.05, 0.1) is 11.8 Å². The first-order valence-corrected chi connectivity index (χ1v) is 2.79. The number of nitriles is 1. The summed E-state index contributed by atoms with van der Waals surface area (Å²) in [6.45, 7) is 1.81. The zero-order valence-corrected chi connectivity index (χ0v) is 5.51. The highest BCUT2D eigenvalue weighted by Crippen LogP contribution is 2.05. The third-order valence-corrected chi connectivity index (χ3v) is 1.11. The van der Waals surface area contributed by atoms with E-state index in [1.165, 1.54) is 0 Å². The molecular weight excluding hydrogens is 126 g/mol. The summed E-state index contributed by atoms with van der Waals surface area (Å²) < 4.78 is 4.95. The molecule has 0 spiro atoms. The molecule has 0 aliphatic heterocycles. The molecule has 10 heavy (non-hydrogen) atoms. The maximum absolute atomic E-state index is 8.10. The van der Waals surface area contributed by atoms with Crippen molar-refractivity contribution in [3.8, 4) is 17.9 Å². The lowest BCUT2D eigenvalue weighted by Gasteiger charge is -1.79. The predicted molar refractivity (Wildman–Crippen MR) is 35.9 cm³/mol. The van der Waals surface area contributed by atoms with Crippen LogP contribution in [0.25, 0.3) is 0 Å². The van der Waals surface area contributed by atoms with Crippen LogP contribution in [0, 0.1) is 30.1 Å². The van der Waals surface area contributed by atoms with Gasteiger partial charge in [0, 0.05) is 5.92 Å². The van der Waals surface area contributed by atoms with E-state index in [-0.39, 0.29) is 0 Å². The van der Waals surface area contributed by atoms with Crippen LogP contribution in [-0.4, -0.2) is 0 Å². The van der Waals surface area contributed by atoms with Crippen LogP contribution in [0.4, 0.5) is 0 Å². The van der Waals surface area contributed by atoms with Crippen LogP contribution in [0.2, 0.25) is 0 Å². The van der Waals surface area contributed by atoms with Crippen LogP contribution >= 0.6 is 0 Å². The van der Waals surface area contributed by atoms with E-state index >= 15 is 0 Å². The minimum atomic E-state index is 0.753. The van der Waals surface area contributed by atoms with Crippen molar-refractivity contribution in [2.45, 2.75) is 6.92 Å². The van der Waals surface area contributed by atoms with Gasteiger partial charge in [0.25, 0.3) is 0 Å². The van der Waals surface area contributed by atoms with Crippen LogP contribution in [0.5, 0.6) is 0 Å². The summed E-state index contributed by atoms with van der Waals surface area (Å²) in [4.78, 5) is 0. The Hall–Kier alpha value is -1.67. The zero-order valence-electron chi connectivity index (χ0n) is 5.51. The van der Waals surface area contributed by atoms with E-state index in [0.29, 0.717) is 0 Å². The third-order valence-electron chi connectivity index (χ3n) is 1.11. The minimum absolute atomic E-state index is 0.753. The Kier molecular flexibility index (Phi) is 1.78. The van der Waals surface area contributed by atoms with Gasteiger partial charge in [-0.2, -0.15) is 5.26 Å². The van der Waals surface area contributed by atoms with Crippen molar-refractivity contribution in [1.82, 2.24) is 0 Å². The Balaban J connectivity index is 2.97. The maximum atomic E-state index is 8.10. The quantitative estimate of drug-likeness (QED) is 0.500. The number of hydrogen-bond acceptors (Lipinski definition) is 2. The van der Waals surface area contributed by atoms with Crippen molar-refractivity contribution in [2.24, 2.45) is 0 Å². The average molecular weight is 131 g/mol. The van der Waals surface area contributed by atoms with E-state index in [1.54, 1.807) is 25.3 Å². The molecular formula is C8H5NO. The van der Waals surface area contributed by atoms with Gasteiger partial charge in [-0.05, 0) is 18.9 Å². The van der Waals surface area contributed by atoms with E-state index < -0.39 is 0 Å². The van der Waals surface area contributed by atoms with Gasteiger partial charge in [0.15, 0.2) is 6.07 Å². The minimum Gasteiger partial charge on any atom is -0.468 e. The van der Waals surface area contributed by atoms with Gasteiger partial charge in [0.2, 0.25) is 0 Å². The number of nitrogens with zero attached hydrogens (tertiary/aromatic N) is 1. The molecule has 0 aliphatic rings. The lowest BCUT2D eigenvalue weighted by Crippen LogP contribution is -1.69. The van der Waals surface area contributed by atoms with Gasteiger partial charge in [0.1, 0.15) is 5.76 Å². The summed E-state index contributed by atoms with van der Waals surface area (Å²) in [6, 6.07) is 3.47. The summed E-state index contributed by atoms with van der Waals surface area (Å²) in [5.41, 5.74) is 0.779. The summed E-state index contributed by atoms with van der Waals surface area (Å²) in [7, 11) is 0. The molecule has 0 radical (unpaired) electrons. The van der Waals surface area contributed by atoms with Crippen molar-refractivity contribution < 1.29 is 4.42 Å². The highest BCUT2D eigenvalue weighted by molar-refractivity contribution is 5.38. The molecule has 1 aromatic heterocycles. The van der Waals surface area contributed by atoms with E-state index in [1.807, 2.05) is 0 Å². The monoisotopic (exact) mass is 131 g/mol. The Bertz CT molecular complexity index is 319. The summed E-state index contributed by atoms with van der Waals surface area (Å²) >= 11 is 0. The molecule has 0 saturated heterocycles. The predicted octanol–water partition coefficient (Wildman–Crippen LogP) is 1.46. The Morgan fingerprint density at radius 1 is 1.60 bits per heavy atom. The van der Waals surface area contributed by atoms with Crippen LogP contribution in [0.3, 0.4) is 0 Å². The zero-order chi connectivity index (χ0) is 7.40. The third kappa shape index (κ3) is 1.18. The molecule has 0 bridgehead atoms. The van der Waals surface area contributed by atoms with Crippen LogP contribution in [0.15, 0.2) is 16.7 Å². The van der Waals surface area contributed by atoms with Crippen molar-refractivity contribution in [3.63, 3.8) is 0 Å². The largest absolute Gasteiger partial charge is 0.468 e. The first-order chi connectivity index (χ1) is 4.84. The molecule has 48 valence electrons. The van der Waals surface area contributed by atoms with Crippen LogP contribution in [0.1, 0.15) is 11.3 Å². The maximum Gasteiger partial charge on any atom is 0.152 e. The second-order valence-electron chi connectivity index (χ2n) is 1.75. The smallest absolute Gasteiger partial charge is 0.152 e. The first kappa shape index (κ1) is 6.45. The molecule has 1 aromatic rings. The highest BCUT2D eigenvalue weighted by atomic mass is 16.3. The van der Waals surface area contributed by atoms with Crippen molar-refractivity contribution in [2.75, 3.05) is 0 Å². The van der Waals surface area contributed by atoms with Crippen LogP contribution in [-0.2, 0) is 0 Å². The molecule has 2 heteroatoms. The molecule has 0 N–H and O–H groups in total. The summed E-state index contributed by atoms with van der Waals surface area (Å²) in [5.74, 6) is 5.68. The molecule has 0 atom stereocenters. The fraction of sp³-hybridized carbons (Fsp3) is 0.125. The van der Waals surface area contributed by atoms with Gasteiger partial charge in [-0.15, -0.1) is 0 Å². The molecule has 0 unspecified atom stereocenters. The molecule has 1 heterocycles. The molecule has 2 nitrogen and oxygen atoms in total. The fourth-order valence-corrected chi connectivity index (χ4v) is 0.610. The molecule has 0 fully saturated rings. The van der Waals surface area contributed by atoms with E-state index in [0.717, 1.165) is 11.3 Å². The number of furan rings is 1. The molecule has 1 rings (SSSR count). The van der Waals surface area contributed by atoms with E-state index in [4.69, 9.17) is 9.68 Å². The molecule has 0 aromatic carbocycles. The number of rotatable bonds is 0. The SMILES string of the molecule is Cc1occc1C#CC#N. The second-order valence-corrected chi connectivity index (χ2v) is 1.75. The van der Waals surface area contributed by atoms with Gasteiger partial charge < -0.3 is 4.42 Å². The molecule has 0 amide bonds. The lowest BCUT2D eigenvalue weighted by molar-refractivity contribution is 0.533. The van der Waals surface area contributed by atoms with Gasteiger partial charge in [-0.25, -0.2) is 0 Å². The topological polar surface area (TPSA) is 36.9 Å². The van der Waals surface area contributed by atoms with Crippen LogP contribution < -0.4 is 0 Å². The van der Waals surface area contributed by atoms with Crippen molar-refractivity contribution in [1.29, 1.82) is 5.26 Å². The van der Waals surface area contributed by atoms with Gasteiger partial charge in [-0.3, -0.25) is 0 Å². The standard InChI is InChI=1S/C8H5NO/c1-7-8(3-2-5-9)4-6-10-7/h4,6H,1H3. The first-order valence-electron chi connectivity index (χ1n) is 2.79. The van der Waals surface area contributed by atoms with Crippen molar-refractivity contribution in [3.05, 3.63) is 23.7 Å². The number of aryl methyl sites for hydroxylation is 1. The average Bonchev–Trinajstić information content (AvgIpc) is 2.31. The summed E-state index contributed by atoms with van der Waals surface area (Å²) in [5, 5.41) is 8.10. The fourth-order valence-electron chi connectivity index (χ4n) is 0.610. The summed E-state index contributed by atoms with van der Waals surface area (Å²) in [6.07, 6.45) is 1.55. The van der Waals surface area contributed by atoms with Gasteiger partial charge in [-0.1, -0.05) is 0 Å². The highest BCUT2D eigenvalue weighted by Gasteiger charge is 1.93. The lowest BCUT2D eigenvalue weighted by atomic mass is 10.3. The second kappa shape index (κ2) is 2.75. The molecule has 0 saturated carbocycles. The number of hydrogen-bond donors (Lipinski definition) is 0. The Labute approximate surface area is 59.1 Å². The van der Waals surface area contributed by atoms with E-state index in [9.17, 15) is 0 Å². The van der Waals surface area contributed by atoms with E-state index in [2.05, 4.69) is 11.8 Å². The Morgan fingerprint density at radius 3 is 2.90 bits per heavy atom. The van der Waals surface area contributed by atoms with Gasteiger partial charge >= 0.3 is 0 Å². The molecule has 0 aliphatic carbocycles. The van der Waals surface area contributed by atoms with Crippen molar-refractivity contribution >= 4 is 0 Å². The Morgan fingerprint density at radius 2 is 2.40 bits per heavy atom. The normalized spacial score (nSPS) is 7.60.